The number of nitrogens with zero attached hydrogens (tertiary/aromatic N) is 2. The van der Waals surface area contributed by atoms with Crippen molar-refractivity contribution in [1.29, 1.82) is 0 Å². The number of allylic oxidation sites excluding steroid dienone is 2. The number of piperidine rings is 1. The van der Waals surface area contributed by atoms with Gasteiger partial charge >= 0.3 is 0 Å². The second kappa shape index (κ2) is 12.0. The van der Waals surface area contributed by atoms with Crippen molar-refractivity contribution < 1.29 is 23.0 Å². The zero-order chi connectivity index (χ0) is 23.6. The van der Waals surface area contributed by atoms with E-state index in [2.05, 4.69) is 25.9 Å². The summed E-state index contributed by atoms with van der Waals surface area (Å²) < 4.78 is 44.3. The summed E-state index contributed by atoms with van der Waals surface area (Å²) in [5.74, 6) is -1.09. The molecule has 5 N–H and O–H groups in total. The summed E-state index contributed by atoms with van der Waals surface area (Å²) in [6.07, 6.45) is 7.83. The summed E-state index contributed by atoms with van der Waals surface area (Å²) in [5.41, 5.74) is 6.00. The number of hydrogen-bond acceptors (Lipinski definition) is 9. The third kappa shape index (κ3) is 6.58. The van der Waals surface area contributed by atoms with Gasteiger partial charge in [0.15, 0.2) is 35.2 Å². The van der Waals surface area contributed by atoms with Gasteiger partial charge in [0.2, 0.25) is 0 Å². The number of nitrogens with one attached hydrogen (secondary N) is 3. The lowest BCUT2D eigenvalue weighted by Crippen LogP contribution is -2.40. The number of ether oxygens (including phenoxy) is 3. The first-order chi connectivity index (χ1) is 16.0. The van der Waals surface area contributed by atoms with Crippen molar-refractivity contribution in [2.45, 2.75) is 25.7 Å². The number of aliphatic imine (C=N–C) groups is 2. The van der Waals surface area contributed by atoms with Gasteiger partial charge in [-0.05, 0) is 31.8 Å². The molecule has 33 heavy (non-hydrogen) atoms. The Morgan fingerprint density at radius 1 is 1.24 bits per heavy atom. The Morgan fingerprint density at radius 2 is 1.94 bits per heavy atom. The van der Waals surface area contributed by atoms with E-state index in [-0.39, 0.29) is 23.7 Å². The van der Waals surface area contributed by atoms with Crippen LogP contribution < -0.4 is 31.2 Å². The van der Waals surface area contributed by atoms with E-state index < -0.39 is 17.9 Å². The van der Waals surface area contributed by atoms with Crippen molar-refractivity contribution in [2.75, 3.05) is 33.9 Å². The molecule has 1 aromatic carbocycles. The average Bonchev–Trinajstić information content (AvgIpc) is 2.85. The molecule has 11 heteroatoms. The molecule has 1 saturated heterocycles. The molecule has 0 bridgehead atoms. The van der Waals surface area contributed by atoms with Crippen molar-refractivity contribution >= 4 is 12.4 Å². The minimum absolute atomic E-state index is 0.136. The van der Waals surface area contributed by atoms with E-state index in [0.29, 0.717) is 17.4 Å². The normalized spacial score (nSPS) is 19.2. The molecule has 180 valence electrons. The molecule has 2 aliphatic heterocycles. The maximum atomic E-state index is 14.5. The van der Waals surface area contributed by atoms with Crippen molar-refractivity contribution in [2.24, 2.45) is 21.6 Å². The average molecular weight is 465 g/mol. The summed E-state index contributed by atoms with van der Waals surface area (Å²) in [7, 11) is 2.58. The number of hydrogen-bond donors (Lipinski definition) is 4. The highest BCUT2D eigenvalue weighted by Gasteiger charge is 2.21. The summed E-state index contributed by atoms with van der Waals surface area (Å²) in [5, 5.41) is 9.42. The molecule has 0 aliphatic carbocycles. The number of halogens is 2. The smallest absolute Gasteiger partial charge is 0.194 e. The molecular weight excluding hydrogens is 434 g/mol. The monoisotopic (exact) mass is 464 g/mol. The van der Waals surface area contributed by atoms with Crippen molar-refractivity contribution in [3.05, 3.63) is 47.1 Å². The van der Waals surface area contributed by atoms with Crippen LogP contribution in [0.1, 0.15) is 18.4 Å². The molecule has 2 aliphatic rings. The summed E-state index contributed by atoms with van der Waals surface area (Å²) in [6, 6.07) is 1.14. The molecule has 0 spiro atoms. The molecule has 0 saturated carbocycles. The van der Waals surface area contributed by atoms with Crippen LogP contribution in [0.15, 0.2) is 39.9 Å². The van der Waals surface area contributed by atoms with E-state index in [0.717, 1.165) is 38.5 Å². The minimum atomic E-state index is -0.849. The lowest BCUT2D eigenvalue weighted by Gasteiger charge is -2.22. The van der Waals surface area contributed by atoms with Crippen LogP contribution in [0.25, 0.3) is 0 Å². The predicted octanol–water partition coefficient (Wildman–Crippen LogP) is 1.76. The second-order valence-electron chi connectivity index (χ2n) is 7.52. The van der Waals surface area contributed by atoms with E-state index in [9.17, 15) is 8.78 Å². The molecule has 1 aromatic rings. The molecule has 9 nitrogen and oxygen atoms in total. The van der Waals surface area contributed by atoms with Gasteiger partial charge in [0, 0.05) is 31.2 Å². The number of rotatable bonds is 10. The Bertz CT molecular complexity index is 901. The maximum absolute atomic E-state index is 14.5. The van der Waals surface area contributed by atoms with Gasteiger partial charge in [-0.2, -0.15) is 0 Å². The van der Waals surface area contributed by atoms with Gasteiger partial charge in [0.25, 0.3) is 0 Å². The number of methoxy groups -OCH3 is 2. The van der Waals surface area contributed by atoms with Crippen LogP contribution in [-0.4, -0.2) is 52.6 Å². The summed E-state index contributed by atoms with van der Waals surface area (Å²) in [6.45, 7) is 2.43. The second-order valence-corrected chi connectivity index (χ2v) is 7.52. The van der Waals surface area contributed by atoms with E-state index in [4.69, 9.17) is 19.9 Å². The first kappa shape index (κ1) is 24.3. The number of nitrogens with two attached hydrogens (primary N) is 1. The highest BCUT2D eigenvalue weighted by molar-refractivity contribution is 5.78. The Balaban J connectivity index is 1.51. The van der Waals surface area contributed by atoms with Crippen LogP contribution in [0.4, 0.5) is 8.78 Å². The fourth-order valence-corrected chi connectivity index (χ4v) is 3.42. The highest BCUT2D eigenvalue weighted by Crippen LogP contribution is 2.32. The molecular formula is C22H30F2N6O3. The highest BCUT2D eigenvalue weighted by atomic mass is 19.1. The molecule has 1 fully saturated rings. The lowest BCUT2D eigenvalue weighted by molar-refractivity contribution is 0.203. The topological polar surface area (TPSA) is 115 Å². The lowest BCUT2D eigenvalue weighted by atomic mass is 9.99. The van der Waals surface area contributed by atoms with Crippen molar-refractivity contribution in [3.8, 4) is 11.5 Å². The molecule has 0 radical (unpaired) electrons. The van der Waals surface area contributed by atoms with Crippen LogP contribution >= 0.6 is 0 Å². The standard InChI is InChI=1S/C22H30F2N6O3/c1-31-18-7-19(32-2)21(24)17(20(18)23)13-33-16-11-28-22(29-12-16)30-15(8-25)10-27-9-14-3-5-26-6-4-14/h7-8,10-12,14,22,26,28,30H,3-6,9,13,25H2,1-2H3. The largest absolute Gasteiger partial charge is 0.494 e. The molecule has 1 atom stereocenters. The van der Waals surface area contributed by atoms with Gasteiger partial charge in [0.05, 0.1) is 31.7 Å². The Kier molecular flexibility index (Phi) is 8.87. The SMILES string of the molecule is COc1cc(OC)c(F)c(COC2=CNC(NC(C=NCC3CCNCC3)=CN)N=C2)c1F. The van der Waals surface area contributed by atoms with Crippen LogP contribution in [0.2, 0.25) is 0 Å². The van der Waals surface area contributed by atoms with Crippen molar-refractivity contribution in [1.82, 2.24) is 16.0 Å². The van der Waals surface area contributed by atoms with Gasteiger partial charge in [0.1, 0.15) is 6.61 Å². The zero-order valence-electron chi connectivity index (χ0n) is 18.7. The minimum Gasteiger partial charge on any atom is -0.494 e. The van der Waals surface area contributed by atoms with Crippen LogP contribution in [0.3, 0.4) is 0 Å². The Labute approximate surface area is 191 Å². The van der Waals surface area contributed by atoms with E-state index in [1.165, 1.54) is 32.8 Å². The first-order valence-corrected chi connectivity index (χ1v) is 10.7. The summed E-state index contributed by atoms with van der Waals surface area (Å²) in [4.78, 5) is 8.76. The maximum Gasteiger partial charge on any atom is 0.194 e. The van der Waals surface area contributed by atoms with Crippen LogP contribution in [-0.2, 0) is 11.3 Å². The third-order valence-corrected chi connectivity index (χ3v) is 5.32. The van der Waals surface area contributed by atoms with E-state index >= 15 is 0 Å². The first-order valence-electron chi connectivity index (χ1n) is 10.7. The van der Waals surface area contributed by atoms with Gasteiger partial charge in [-0.1, -0.05) is 0 Å². The molecule has 0 amide bonds. The summed E-state index contributed by atoms with van der Waals surface area (Å²) >= 11 is 0. The Morgan fingerprint density at radius 3 is 2.52 bits per heavy atom. The molecule has 3 rings (SSSR count). The van der Waals surface area contributed by atoms with E-state index in [1.807, 2.05) is 0 Å². The van der Waals surface area contributed by atoms with Gasteiger partial charge in [-0.25, -0.2) is 13.8 Å². The zero-order valence-corrected chi connectivity index (χ0v) is 18.7. The molecule has 0 aromatic heterocycles. The van der Waals surface area contributed by atoms with E-state index in [1.54, 1.807) is 6.21 Å². The van der Waals surface area contributed by atoms with Crippen LogP contribution in [0.5, 0.6) is 11.5 Å². The van der Waals surface area contributed by atoms with Gasteiger partial charge < -0.3 is 35.9 Å². The Hall–Kier alpha value is -3.34. The fourth-order valence-electron chi connectivity index (χ4n) is 3.42. The van der Waals surface area contributed by atoms with Crippen molar-refractivity contribution in [3.63, 3.8) is 0 Å². The third-order valence-electron chi connectivity index (χ3n) is 5.32. The quantitative estimate of drug-likeness (QED) is 0.390. The number of benzene rings is 1. The van der Waals surface area contributed by atoms with Crippen LogP contribution in [0, 0.1) is 17.6 Å². The molecule has 1 unspecified atom stereocenters. The van der Waals surface area contributed by atoms with Gasteiger partial charge in [-0.15, -0.1) is 0 Å². The van der Waals surface area contributed by atoms with Gasteiger partial charge in [-0.3, -0.25) is 4.99 Å². The molecule has 2 heterocycles. The fraction of sp³-hybridized carbons (Fsp3) is 0.455. The predicted molar refractivity (Wildman–Crippen MR) is 122 cm³/mol.